The molecule has 2 unspecified atom stereocenters. The summed E-state index contributed by atoms with van der Waals surface area (Å²) in [6.45, 7) is 3.29. The Morgan fingerprint density at radius 2 is 2.44 bits per heavy atom. The fourth-order valence-electron chi connectivity index (χ4n) is 1.94. The van der Waals surface area contributed by atoms with Crippen molar-refractivity contribution in [1.29, 1.82) is 0 Å². The lowest BCUT2D eigenvalue weighted by atomic mass is 10.2. The first-order chi connectivity index (χ1) is 7.61. The quantitative estimate of drug-likeness (QED) is 0.717. The van der Waals surface area contributed by atoms with Gasteiger partial charge >= 0.3 is 0 Å². The van der Waals surface area contributed by atoms with E-state index in [0.29, 0.717) is 18.8 Å². The van der Waals surface area contributed by atoms with Gasteiger partial charge in [-0.3, -0.25) is 4.68 Å². The highest BCUT2D eigenvalue weighted by molar-refractivity contribution is 5.62. The Bertz CT molecular complexity index is 366. The zero-order valence-electron chi connectivity index (χ0n) is 9.63. The van der Waals surface area contributed by atoms with Crippen LogP contribution >= 0.6 is 0 Å². The third kappa shape index (κ3) is 1.98. The van der Waals surface area contributed by atoms with E-state index in [0.717, 1.165) is 5.82 Å². The van der Waals surface area contributed by atoms with E-state index in [1.165, 1.54) is 0 Å². The maximum atomic E-state index is 9.11. The fourth-order valence-corrected chi connectivity index (χ4v) is 1.94. The standard InChI is InChI=1S/C10H18N4O2/c1-7-6-16-8(5-15)3-14(7)10-9(11)4-13(2)12-10/h4,7-8,15H,3,5-6,11H2,1-2H3. The molecule has 2 atom stereocenters. The molecule has 1 aromatic rings. The molecule has 3 N–H and O–H groups in total. The second kappa shape index (κ2) is 4.31. The van der Waals surface area contributed by atoms with Crippen molar-refractivity contribution in [2.24, 2.45) is 7.05 Å². The molecule has 0 spiro atoms. The molecule has 0 radical (unpaired) electrons. The molecule has 1 fully saturated rings. The normalized spacial score (nSPS) is 26.1. The topological polar surface area (TPSA) is 76.5 Å². The summed E-state index contributed by atoms with van der Waals surface area (Å²) in [7, 11) is 1.84. The largest absolute Gasteiger partial charge is 0.394 e. The lowest BCUT2D eigenvalue weighted by Gasteiger charge is -2.37. The Morgan fingerprint density at radius 1 is 1.69 bits per heavy atom. The van der Waals surface area contributed by atoms with Crippen LogP contribution in [-0.2, 0) is 11.8 Å². The highest BCUT2D eigenvalue weighted by atomic mass is 16.5. The molecule has 0 aromatic carbocycles. The summed E-state index contributed by atoms with van der Waals surface area (Å²) in [6.07, 6.45) is 1.63. The number of hydrogen-bond acceptors (Lipinski definition) is 5. The van der Waals surface area contributed by atoms with E-state index < -0.39 is 0 Å². The predicted molar refractivity (Wildman–Crippen MR) is 61.3 cm³/mol. The molecule has 1 aliphatic heterocycles. The molecule has 0 saturated carbocycles. The van der Waals surface area contributed by atoms with E-state index in [1.54, 1.807) is 10.9 Å². The number of rotatable bonds is 2. The SMILES string of the molecule is CC1COC(CO)CN1c1nn(C)cc1N. The number of nitrogen functional groups attached to an aromatic ring is 1. The first-order valence-corrected chi connectivity index (χ1v) is 5.40. The second-order valence-corrected chi connectivity index (χ2v) is 4.22. The zero-order valence-corrected chi connectivity index (χ0v) is 9.63. The first-order valence-electron chi connectivity index (χ1n) is 5.40. The molecule has 1 saturated heterocycles. The number of ether oxygens (including phenoxy) is 1. The van der Waals surface area contributed by atoms with Crippen LogP contribution in [0.5, 0.6) is 0 Å². The van der Waals surface area contributed by atoms with E-state index in [9.17, 15) is 0 Å². The fraction of sp³-hybridized carbons (Fsp3) is 0.700. The van der Waals surface area contributed by atoms with Crippen molar-refractivity contribution in [2.45, 2.75) is 19.1 Å². The van der Waals surface area contributed by atoms with Gasteiger partial charge < -0.3 is 20.5 Å². The summed E-state index contributed by atoms with van der Waals surface area (Å²) >= 11 is 0. The van der Waals surface area contributed by atoms with Gasteiger partial charge in [0.1, 0.15) is 0 Å². The number of aryl methyl sites for hydroxylation is 1. The van der Waals surface area contributed by atoms with Crippen molar-refractivity contribution in [3.63, 3.8) is 0 Å². The van der Waals surface area contributed by atoms with Crippen LogP contribution in [0.25, 0.3) is 0 Å². The number of aliphatic hydroxyl groups excluding tert-OH is 1. The van der Waals surface area contributed by atoms with Gasteiger partial charge in [-0.1, -0.05) is 0 Å². The van der Waals surface area contributed by atoms with Crippen LogP contribution < -0.4 is 10.6 Å². The number of aliphatic hydroxyl groups is 1. The second-order valence-electron chi connectivity index (χ2n) is 4.22. The van der Waals surface area contributed by atoms with Gasteiger partial charge in [0.15, 0.2) is 5.82 Å². The molecule has 1 aliphatic rings. The molecule has 16 heavy (non-hydrogen) atoms. The van der Waals surface area contributed by atoms with Crippen LogP contribution in [0.1, 0.15) is 6.92 Å². The van der Waals surface area contributed by atoms with Gasteiger partial charge in [-0.15, -0.1) is 0 Å². The molecule has 0 aliphatic carbocycles. The monoisotopic (exact) mass is 226 g/mol. The van der Waals surface area contributed by atoms with Crippen molar-refractivity contribution in [3.8, 4) is 0 Å². The molecule has 1 aromatic heterocycles. The van der Waals surface area contributed by atoms with E-state index in [2.05, 4.69) is 16.9 Å². The maximum absolute atomic E-state index is 9.11. The van der Waals surface area contributed by atoms with Crippen LogP contribution in [0.4, 0.5) is 11.5 Å². The molecule has 2 heterocycles. The molecule has 6 heteroatoms. The third-order valence-corrected chi connectivity index (χ3v) is 2.82. The average Bonchev–Trinajstić information content (AvgIpc) is 2.58. The summed E-state index contributed by atoms with van der Waals surface area (Å²) in [4.78, 5) is 2.08. The summed E-state index contributed by atoms with van der Waals surface area (Å²) in [5, 5.41) is 13.4. The van der Waals surface area contributed by atoms with E-state index in [-0.39, 0.29) is 18.8 Å². The predicted octanol–water partition coefficient (Wildman–Crippen LogP) is -0.412. The van der Waals surface area contributed by atoms with E-state index >= 15 is 0 Å². The molecule has 0 bridgehead atoms. The Labute approximate surface area is 94.6 Å². The van der Waals surface area contributed by atoms with Gasteiger partial charge in [0.05, 0.1) is 31.0 Å². The number of aromatic nitrogens is 2. The smallest absolute Gasteiger partial charge is 0.174 e. The van der Waals surface area contributed by atoms with Crippen LogP contribution in [0.15, 0.2) is 6.20 Å². The first kappa shape index (κ1) is 11.2. The van der Waals surface area contributed by atoms with Crippen molar-refractivity contribution in [3.05, 3.63) is 6.20 Å². The van der Waals surface area contributed by atoms with Gasteiger partial charge in [-0.25, -0.2) is 0 Å². The Morgan fingerprint density at radius 3 is 3.00 bits per heavy atom. The van der Waals surface area contributed by atoms with Crippen molar-refractivity contribution >= 4 is 11.5 Å². The highest BCUT2D eigenvalue weighted by Crippen LogP contribution is 2.25. The summed E-state index contributed by atoms with van der Waals surface area (Å²) in [6, 6.07) is 0.222. The molecular formula is C10H18N4O2. The number of anilines is 2. The van der Waals surface area contributed by atoms with Crippen molar-refractivity contribution < 1.29 is 9.84 Å². The molecular weight excluding hydrogens is 208 g/mol. The summed E-state index contributed by atoms with van der Waals surface area (Å²) in [5.74, 6) is 0.775. The molecule has 0 amide bonds. The van der Waals surface area contributed by atoms with Crippen molar-refractivity contribution in [1.82, 2.24) is 9.78 Å². The minimum absolute atomic E-state index is 0.0238. The minimum Gasteiger partial charge on any atom is -0.394 e. The van der Waals surface area contributed by atoms with Gasteiger partial charge in [0.25, 0.3) is 0 Å². The Kier molecular flexibility index (Phi) is 3.02. The number of hydrogen-bond donors (Lipinski definition) is 2. The van der Waals surface area contributed by atoms with E-state index in [1.807, 2.05) is 7.05 Å². The number of morpholine rings is 1. The maximum Gasteiger partial charge on any atom is 0.174 e. The average molecular weight is 226 g/mol. The van der Waals surface area contributed by atoms with Crippen LogP contribution in [-0.4, -0.2) is 46.8 Å². The van der Waals surface area contributed by atoms with Crippen LogP contribution in [0.2, 0.25) is 0 Å². The van der Waals surface area contributed by atoms with Gasteiger partial charge in [0, 0.05) is 19.8 Å². The van der Waals surface area contributed by atoms with Crippen LogP contribution in [0.3, 0.4) is 0 Å². The van der Waals surface area contributed by atoms with E-state index in [4.69, 9.17) is 15.6 Å². The third-order valence-electron chi connectivity index (χ3n) is 2.82. The molecule has 6 nitrogen and oxygen atoms in total. The Hall–Kier alpha value is -1.27. The lowest BCUT2D eigenvalue weighted by molar-refractivity contribution is -0.0105. The van der Waals surface area contributed by atoms with Gasteiger partial charge in [-0.05, 0) is 6.92 Å². The van der Waals surface area contributed by atoms with Crippen LogP contribution in [0, 0.1) is 0 Å². The highest BCUT2D eigenvalue weighted by Gasteiger charge is 2.28. The van der Waals surface area contributed by atoms with Crippen molar-refractivity contribution in [2.75, 3.05) is 30.4 Å². The zero-order chi connectivity index (χ0) is 11.7. The summed E-state index contributed by atoms with van der Waals surface area (Å²) in [5.41, 5.74) is 6.55. The lowest BCUT2D eigenvalue weighted by Crippen LogP contribution is -2.50. The molecule has 90 valence electrons. The summed E-state index contributed by atoms with van der Waals surface area (Å²) < 4.78 is 7.17. The Balaban J connectivity index is 2.21. The van der Waals surface area contributed by atoms with Gasteiger partial charge in [0.2, 0.25) is 0 Å². The molecule has 2 rings (SSSR count). The number of nitrogens with two attached hydrogens (primary N) is 1. The minimum atomic E-state index is -0.155. The van der Waals surface area contributed by atoms with Gasteiger partial charge in [-0.2, -0.15) is 5.10 Å². The number of nitrogens with zero attached hydrogens (tertiary/aromatic N) is 3.